The predicted octanol–water partition coefficient (Wildman–Crippen LogP) is 3.93. The third-order valence-corrected chi connectivity index (χ3v) is 2.91. The molecule has 1 aromatic carbocycles. The summed E-state index contributed by atoms with van der Waals surface area (Å²) >= 11 is 0. The number of ether oxygens (including phenoxy) is 1. The molecule has 1 N–H and O–H groups in total. The summed E-state index contributed by atoms with van der Waals surface area (Å²) < 4.78 is 77.4. The van der Waals surface area contributed by atoms with Crippen LogP contribution in [-0.2, 0) is 12.7 Å². The van der Waals surface area contributed by atoms with Crippen molar-refractivity contribution in [1.82, 2.24) is 10.3 Å². The third-order valence-electron chi connectivity index (χ3n) is 2.91. The normalized spacial score (nSPS) is 11.9. The van der Waals surface area contributed by atoms with Gasteiger partial charge >= 0.3 is 12.5 Å². The largest absolute Gasteiger partial charge is 0.573 e. The zero-order valence-electron chi connectivity index (χ0n) is 12.3. The van der Waals surface area contributed by atoms with E-state index in [9.17, 15) is 31.1 Å². The van der Waals surface area contributed by atoms with E-state index in [1.54, 1.807) is 0 Å². The van der Waals surface area contributed by atoms with Crippen LogP contribution in [0.15, 0.2) is 42.6 Å². The van der Waals surface area contributed by atoms with Gasteiger partial charge in [0.05, 0.1) is 17.8 Å². The number of alkyl halides is 6. The number of rotatable bonds is 4. The van der Waals surface area contributed by atoms with Gasteiger partial charge in [-0.1, -0.05) is 6.07 Å². The summed E-state index contributed by atoms with van der Waals surface area (Å²) in [5.41, 5.74) is -0.878. The lowest BCUT2D eigenvalue weighted by molar-refractivity contribution is -0.274. The van der Waals surface area contributed by atoms with Crippen molar-refractivity contribution in [2.75, 3.05) is 0 Å². The first kappa shape index (κ1) is 18.6. The Labute approximate surface area is 137 Å². The molecule has 0 aliphatic rings. The zero-order valence-corrected chi connectivity index (χ0v) is 12.3. The molecule has 0 bridgehead atoms. The second-order valence-corrected chi connectivity index (χ2v) is 4.79. The van der Waals surface area contributed by atoms with Crippen LogP contribution < -0.4 is 10.1 Å². The quantitative estimate of drug-likeness (QED) is 0.837. The minimum absolute atomic E-state index is 0.103. The van der Waals surface area contributed by atoms with E-state index in [2.05, 4.69) is 15.0 Å². The molecule has 0 saturated carbocycles. The third kappa shape index (κ3) is 5.66. The van der Waals surface area contributed by atoms with Crippen molar-refractivity contribution in [3.05, 3.63) is 59.4 Å². The van der Waals surface area contributed by atoms with Gasteiger partial charge < -0.3 is 10.1 Å². The molecule has 4 nitrogen and oxygen atoms in total. The second kappa shape index (κ2) is 6.99. The Morgan fingerprint density at radius 2 is 1.80 bits per heavy atom. The molecule has 1 amide bonds. The first-order chi connectivity index (χ1) is 11.5. The van der Waals surface area contributed by atoms with Gasteiger partial charge in [-0.05, 0) is 30.3 Å². The summed E-state index contributed by atoms with van der Waals surface area (Å²) in [6.45, 7) is -0.193. The number of halogens is 6. The van der Waals surface area contributed by atoms with Crippen molar-refractivity contribution in [2.45, 2.75) is 19.1 Å². The number of benzene rings is 1. The number of hydrogen-bond donors (Lipinski definition) is 1. The summed E-state index contributed by atoms with van der Waals surface area (Å²) in [5.74, 6) is -1.29. The van der Waals surface area contributed by atoms with E-state index >= 15 is 0 Å². The molecule has 2 rings (SSSR count). The Kier molecular flexibility index (Phi) is 5.19. The first-order valence-electron chi connectivity index (χ1n) is 6.71. The number of pyridine rings is 1. The van der Waals surface area contributed by atoms with E-state index in [1.165, 1.54) is 12.1 Å². The standard InChI is InChI=1S/C15H10F6N2O2/c16-14(17,18)10-4-5-11(22-7-10)8-23-13(24)9-2-1-3-12(6-9)25-15(19,20)21/h1-7H,8H2,(H,23,24). The number of nitrogens with one attached hydrogen (secondary N) is 1. The SMILES string of the molecule is O=C(NCc1ccc(C(F)(F)F)cn1)c1cccc(OC(F)(F)F)c1. The molecular weight excluding hydrogens is 354 g/mol. The van der Waals surface area contributed by atoms with Gasteiger partial charge in [-0.15, -0.1) is 13.2 Å². The number of carbonyl (C=O) groups is 1. The minimum atomic E-state index is -4.89. The highest BCUT2D eigenvalue weighted by molar-refractivity contribution is 5.94. The Hall–Kier alpha value is -2.78. The molecule has 0 atom stereocenters. The van der Waals surface area contributed by atoms with Crippen LogP contribution in [-0.4, -0.2) is 17.3 Å². The molecule has 0 fully saturated rings. The van der Waals surface area contributed by atoms with Crippen molar-refractivity contribution in [1.29, 1.82) is 0 Å². The molecule has 134 valence electrons. The van der Waals surface area contributed by atoms with Crippen molar-refractivity contribution in [2.24, 2.45) is 0 Å². The van der Waals surface area contributed by atoms with E-state index in [4.69, 9.17) is 0 Å². The summed E-state index contributed by atoms with van der Waals surface area (Å²) in [6.07, 6.45) is -8.79. The van der Waals surface area contributed by atoms with E-state index in [0.717, 1.165) is 24.3 Å². The topological polar surface area (TPSA) is 51.2 Å². The summed E-state index contributed by atoms with van der Waals surface area (Å²) in [6, 6.07) is 6.29. The molecule has 0 radical (unpaired) electrons. The molecule has 0 saturated heterocycles. The van der Waals surface area contributed by atoms with Crippen LogP contribution in [0.2, 0.25) is 0 Å². The van der Waals surface area contributed by atoms with Gasteiger partial charge in [0.1, 0.15) is 5.75 Å². The van der Waals surface area contributed by atoms with E-state index in [-0.39, 0.29) is 17.8 Å². The van der Waals surface area contributed by atoms with Gasteiger partial charge in [0.2, 0.25) is 0 Å². The fourth-order valence-electron chi connectivity index (χ4n) is 1.80. The number of carbonyl (C=O) groups excluding carboxylic acids is 1. The molecule has 1 heterocycles. The second-order valence-electron chi connectivity index (χ2n) is 4.79. The van der Waals surface area contributed by atoms with E-state index in [1.807, 2.05) is 0 Å². The average molecular weight is 364 g/mol. The number of amides is 1. The molecule has 0 aliphatic carbocycles. The maximum absolute atomic E-state index is 12.4. The molecule has 2 aromatic rings. The van der Waals surface area contributed by atoms with Crippen molar-refractivity contribution in [3.8, 4) is 5.75 Å². The average Bonchev–Trinajstić information content (AvgIpc) is 2.51. The van der Waals surface area contributed by atoms with Gasteiger partial charge in [0.25, 0.3) is 5.91 Å². The molecule has 0 spiro atoms. The van der Waals surface area contributed by atoms with Crippen LogP contribution in [0, 0.1) is 0 Å². The Morgan fingerprint density at radius 1 is 1.08 bits per heavy atom. The lowest BCUT2D eigenvalue weighted by Gasteiger charge is -2.10. The Morgan fingerprint density at radius 3 is 2.36 bits per heavy atom. The highest BCUT2D eigenvalue weighted by atomic mass is 19.4. The molecular formula is C15H10F6N2O2. The number of aromatic nitrogens is 1. The smallest absolute Gasteiger partial charge is 0.406 e. The molecule has 10 heteroatoms. The fourth-order valence-corrected chi connectivity index (χ4v) is 1.80. The van der Waals surface area contributed by atoms with Crippen molar-refractivity contribution in [3.63, 3.8) is 0 Å². The van der Waals surface area contributed by atoms with Gasteiger partial charge in [0.15, 0.2) is 0 Å². The van der Waals surface area contributed by atoms with Gasteiger partial charge in [-0.25, -0.2) is 0 Å². The lowest BCUT2D eigenvalue weighted by Crippen LogP contribution is -2.24. The molecule has 25 heavy (non-hydrogen) atoms. The highest BCUT2D eigenvalue weighted by Gasteiger charge is 2.31. The Bertz CT molecular complexity index is 741. The summed E-state index contributed by atoms with van der Waals surface area (Å²) in [5, 5.41) is 2.34. The number of nitrogens with zero attached hydrogens (tertiary/aromatic N) is 1. The van der Waals surface area contributed by atoms with Crippen molar-refractivity contribution >= 4 is 5.91 Å². The Balaban J connectivity index is 1.99. The van der Waals surface area contributed by atoms with E-state index < -0.39 is 29.8 Å². The first-order valence-corrected chi connectivity index (χ1v) is 6.71. The number of hydrogen-bond acceptors (Lipinski definition) is 3. The van der Waals surface area contributed by atoms with Crippen LogP contribution in [0.5, 0.6) is 5.75 Å². The van der Waals surface area contributed by atoms with Gasteiger partial charge in [-0.3, -0.25) is 9.78 Å². The molecule has 0 aliphatic heterocycles. The fraction of sp³-hybridized carbons (Fsp3) is 0.200. The van der Waals surface area contributed by atoms with Crippen LogP contribution in [0.25, 0.3) is 0 Å². The van der Waals surface area contributed by atoms with Gasteiger partial charge in [0, 0.05) is 11.8 Å². The monoisotopic (exact) mass is 364 g/mol. The van der Waals surface area contributed by atoms with Crippen LogP contribution in [0.3, 0.4) is 0 Å². The van der Waals surface area contributed by atoms with Crippen LogP contribution >= 0.6 is 0 Å². The van der Waals surface area contributed by atoms with E-state index in [0.29, 0.717) is 6.20 Å². The maximum atomic E-state index is 12.4. The van der Waals surface area contributed by atoms with Crippen molar-refractivity contribution < 1.29 is 35.9 Å². The predicted molar refractivity (Wildman–Crippen MR) is 73.5 cm³/mol. The zero-order chi connectivity index (χ0) is 18.7. The highest BCUT2D eigenvalue weighted by Crippen LogP contribution is 2.28. The summed E-state index contributed by atoms with van der Waals surface area (Å²) in [7, 11) is 0. The minimum Gasteiger partial charge on any atom is -0.406 e. The van der Waals surface area contributed by atoms with Crippen LogP contribution in [0.4, 0.5) is 26.3 Å². The molecule has 0 unspecified atom stereocenters. The lowest BCUT2D eigenvalue weighted by atomic mass is 10.2. The summed E-state index contributed by atoms with van der Waals surface area (Å²) in [4.78, 5) is 15.5. The molecule has 1 aromatic heterocycles. The van der Waals surface area contributed by atoms with Gasteiger partial charge in [-0.2, -0.15) is 13.2 Å². The maximum Gasteiger partial charge on any atom is 0.573 e. The van der Waals surface area contributed by atoms with Crippen LogP contribution in [0.1, 0.15) is 21.6 Å².